The molecule has 1 fully saturated rings. The molecule has 2 rings (SSSR count). The Morgan fingerprint density at radius 1 is 1.26 bits per heavy atom. The zero-order chi connectivity index (χ0) is 16.7. The minimum atomic E-state index is -0.0486. The Hall–Kier alpha value is -2.04. The first-order valence-electron chi connectivity index (χ1n) is 8.45. The molecule has 0 radical (unpaired) electrons. The van der Waals surface area contributed by atoms with E-state index in [9.17, 15) is 9.59 Å². The Morgan fingerprint density at radius 2 is 2.00 bits per heavy atom. The highest BCUT2D eigenvalue weighted by Gasteiger charge is 2.24. The fraction of sp³-hybridized carbons (Fsp3) is 0.556. The SMILES string of the molecule is CC(C)NC(=O)CCC1CCCN(C(=O)Nc2ccccc2)C1. The summed E-state index contributed by atoms with van der Waals surface area (Å²) in [5.41, 5.74) is 0.816. The van der Waals surface area contributed by atoms with Crippen molar-refractivity contribution in [3.05, 3.63) is 30.3 Å². The minimum Gasteiger partial charge on any atom is -0.354 e. The molecule has 1 aromatic rings. The van der Waals surface area contributed by atoms with Crippen LogP contribution in [0, 0.1) is 5.92 Å². The molecule has 3 amide bonds. The zero-order valence-corrected chi connectivity index (χ0v) is 14.0. The van der Waals surface area contributed by atoms with Crippen LogP contribution in [0.25, 0.3) is 0 Å². The largest absolute Gasteiger partial charge is 0.354 e. The van der Waals surface area contributed by atoms with E-state index < -0.39 is 0 Å². The number of carbonyl (C=O) groups is 2. The van der Waals surface area contributed by atoms with E-state index in [1.807, 2.05) is 49.1 Å². The molecule has 0 aromatic heterocycles. The van der Waals surface area contributed by atoms with Crippen LogP contribution in [0.1, 0.15) is 39.5 Å². The van der Waals surface area contributed by atoms with Crippen molar-refractivity contribution in [2.24, 2.45) is 5.92 Å². The molecule has 5 nitrogen and oxygen atoms in total. The van der Waals surface area contributed by atoms with Crippen LogP contribution in [0.3, 0.4) is 0 Å². The van der Waals surface area contributed by atoms with E-state index in [1.165, 1.54) is 0 Å². The molecule has 1 aromatic carbocycles. The first-order chi connectivity index (χ1) is 11.0. The molecule has 1 saturated heterocycles. The predicted octanol–water partition coefficient (Wildman–Crippen LogP) is 3.24. The van der Waals surface area contributed by atoms with Gasteiger partial charge < -0.3 is 15.5 Å². The molecule has 23 heavy (non-hydrogen) atoms. The van der Waals surface area contributed by atoms with E-state index in [-0.39, 0.29) is 18.0 Å². The second-order valence-corrected chi connectivity index (χ2v) is 6.51. The van der Waals surface area contributed by atoms with Crippen LogP contribution in [0.5, 0.6) is 0 Å². The molecule has 0 aliphatic carbocycles. The Bertz CT molecular complexity index is 516. The lowest BCUT2D eigenvalue weighted by atomic mass is 9.93. The molecule has 0 saturated carbocycles. The molecule has 0 bridgehead atoms. The van der Waals surface area contributed by atoms with Crippen molar-refractivity contribution in [3.8, 4) is 0 Å². The quantitative estimate of drug-likeness (QED) is 0.876. The molecule has 2 N–H and O–H groups in total. The number of hydrogen-bond acceptors (Lipinski definition) is 2. The van der Waals surface area contributed by atoms with Gasteiger partial charge in [-0.3, -0.25) is 4.79 Å². The number of nitrogens with zero attached hydrogens (tertiary/aromatic N) is 1. The Kier molecular flexibility index (Phi) is 6.44. The Balaban J connectivity index is 1.78. The average Bonchev–Trinajstić information content (AvgIpc) is 2.53. The second kappa shape index (κ2) is 8.56. The number of anilines is 1. The normalized spacial score (nSPS) is 17.9. The van der Waals surface area contributed by atoms with Gasteiger partial charge >= 0.3 is 6.03 Å². The number of amides is 3. The van der Waals surface area contributed by atoms with Crippen LogP contribution in [-0.4, -0.2) is 36.0 Å². The molecule has 0 spiro atoms. The van der Waals surface area contributed by atoms with Crippen molar-refractivity contribution in [1.29, 1.82) is 0 Å². The summed E-state index contributed by atoms with van der Waals surface area (Å²) >= 11 is 0. The minimum absolute atomic E-state index is 0.0486. The first-order valence-corrected chi connectivity index (χ1v) is 8.45. The monoisotopic (exact) mass is 317 g/mol. The summed E-state index contributed by atoms with van der Waals surface area (Å²) in [5.74, 6) is 0.508. The molecular weight excluding hydrogens is 290 g/mol. The third-order valence-corrected chi connectivity index (χ3v) is 4.06. The van der Waals surface area contributed by atoms with E-state index in [1.54, 1.807) is 0 Å². The van der Waals surface area contributed by atoms with Crippen LogP contribution in [0.4, 0.5) is 10.5 Å². The predicted molar refractivity (Wildman–Crippen MR) is 92.3 cm³/mol. The van der Waals surface area contributed by atoms with Gasteiger partial charge in [-0.2, -0.15) is 0 Å². The summed E-state index contributed by atoms with van der Waals surface area (Å²) < 4.78 is 0. The average molecular weight is 317 g/mol. The van der Waals surface area contributed by atoms with E-state index in [2.05, 4.69) is 10.6 Å². The molecule has 1 heterocycles. The summed E-state index contributed by atoms with van der Waals surface area (Å²) in [7, 11) is 0. The highest BCUT2D eigenvalue weighted by Crippen LogP contribution is 2.21. The lowest BCUT2D eigenvalue weighted by Gasteiger charge is -2.32. The number of likely N-dealkylation sites (tertiary alicyclic amines) is 1. The fourth-order valence-electron chi connectivity index (χ4n) is 2.94. The van der Waals surface area contributed by atoms with E-state index in [4.69, 9.17) is 0 Å². The maximum absolute atomic E-state index is 12.3. The Morgan fingerprint density at radius 3 is 2.70 bits per heavy atom. The fourth-order valence-corrected chi connectivity index (χ4v) is 2.94. The van der Waals surface area contributed by atoms with Gasteiger partial charge in [0.1, 0.15) is 0 Å². The maximum atomic E-state index is 12.3. The summed E-state index contributed by atoms with van der Waals surface area (Å²) in [6, 6.07) is 9.64. The standard InChI is InChI=1S/C18H27N3O2/c1-14(2)19-17(22)11-10-15-7-6-12-21(13-15)18(23)20-16-8-4-3-5-9-16/h3-5,8-9,14-15H,6-7,10-13H2,1-2H3,(H,19,22)(H,20,23). The highest BCUT2D eigenvalue weighted by molar-refractivity contribution is 5.89. The zero-order valence-electron chi connectivity index (χ0n) is 14.0. The number of nitrogens with one attached hydrogen (secondary N) is 2. The van der Waals surface area contributed by atoms with Gasteiger partial charge in [-0.1, -0.05) is 18.2 Å². The number of rotatable bonds is 5. The van der Waals surface area contributed by atoms with Gasteiger partial charge in [0.15, 0.2) is 0 Å². The van der Waals surface area contributed by atoms with E-state index in [0.717, 1.165) is 38.0 Å². The maximum Gasteiger partial charge on any atom is 0.321 e. The molecule has 1 aliphatic heterocycles. The number of urea groups is 1. The smallest absolute Gasteiger partial charge is 0.321 e. The van der Waals surface area contributed by atoms with Crippen molar-refractivity contribution in [3.63, 3.8) is 0 Å². The number of para-hydroxylation sites is 1. The number of piperidine rings is 1. The molecule has 126 valence electrons. The molecular formula is C18H27N3O2. The van der Waals surface area contributed by atoms with Crippen molar-refractivity contribution in [2.75, 3.05) is 18.4 Å². The third-order valence-electron chi connectivity index (χ3n) is 4.06. The van der Waals surface area contributed by atoms with Crippen LogP contribution >= 0.6 is 0 Å². The van der Waals surface area contributed by atoms with Crippen LogP contribution in [0.15, 0.2) is 30.3 Å². The van der Waals surface area contributed by atoms with E-state index in [0.29, 0.717) is 12.3 Å². The van der Waals surface area contributed by atoms with Gasteiger partial charge in [-0.15, -0.1) is 0 Å². The Labute approximate surface area is 138 Å². The summed E-state index contributed by atoms with van der Waals surface area (Å²) in [4.78, 5) is 25.9. The van der Waals surface area contributed by atoms with E-state index >= 15 is 0 Å². The topological polar surface area (TPSA) is 61.4 Å². The lowest BCUT2D eigenvalue weighted by Crippen LogP contribution is -2.42. The van der Waals surface area contributed by atoms with Crippen LogP contribution in [-0.2, 0) is 4.79 Å². The van der Waals surface area contributed by atoms with Crippen molar-refractivity contribution in [2.45, 2.75) is 45.6 Å². The van der Waals surface area contributed by atoms with Gasteiger partial charge in [0.05, 0.1) is 0 Å². The molecule has 1 atom stereocenters. The third kappa shape index (κ3) is 5.93. The molecule has 5 heteroatoms. The number of carbonyl (C=O) groups excluding carboxylic acids is 2. The first kappa shape index (κ1) is 17.3. The van der Waals surface area contributed by atoms with Gasteiger partial charge in [0.25, 0.3) is 0 Å². The second-order valence-electron chi connectivity index (χ2n) is 6.51. The summed E-state index contributed by atoms with van der Waals surface area (Å²) in [6.45, 7) is 5.45. The van der Waals surface area contributed by atoms with Crippen molar-refractivity contribution in [1.82, 2.24) is 10.2 Å². The number of hydrogen-bond donors (Lipinski definition) is 2. The summed E-state index contributed by atoms with van der Waals surface area (Å²) in [6.07, 6.45) is 3.47. The van der Waals surface area contributed by atoms with Gasteiger partial charge in [-0.25, -0.2) is 4.79 Å². The number of benzene rings is 1. The van der Waals surface area contributed by atoms with Gasteiger partial charge in [0, 0.05) is 31.2 Å². The lowest BCUT2D eigenvalue weighted by molar-refractivity contribution is -0.121. The van der Waals surface area contributed by atoms with Crippen molar-refractivity contribution >= 4 is 17.6 Å². The molecule has 1 unspecified atom stereocenters. The van der Waals surface area contributed by atoms with Crippen molar-refractivity contribution < 1.29 is 9.59 Å². The van der Waals surface area contributed by atoms with Crippen LogP contribution < -0.4 is 10.6 Å². The highest BCUT2D eigenvalue weighted by atomic mass is 16.2. The van der Waals surface area contributed by atoms with Gasteiger partial charge in [0.2, 0.25) is 5.91 Å². The molecule has 1 aliphatic rings. The van der Waals surface area contributed by atoms with Gasteiger partial charge in [-0.05, 0) is 51.2 Å². The van der Waals surface area contributed by atoms with Crippen LogP contribution in [0.2, 0.25) is 0 Å². The summed E-state index contributed by atoms with van der Waals surface area (Å²) in [5, 5.41) is 5.85.